The van der Waals surface area contributed by atoms with E-state index < -0.39 is 12.0 Å². The normalized spacial score (nSPS) is 15.1. The van der Waals surface area contributed by atoms with Gasteiger partial charge in [-0.3, -0.25) is 9.36 Å². The van der Waals surface area contributed by atoms with E-state index in [0.29, 0.717) is 43.4 Å². The van der Waals surface area contributed by atoms with E-state index >= 15 is 0 Å². The number of nitrogens with zero attached hydrogens (tertiary/aromatic N) is 2. The number of esters is 1. The van der Waals surface area contributed by atoms with Gasteiger partial charge in [0.1, 0.15) is 18.2 Å². The molecule has 0 unspecified atom stereocenters. The quantitative estimate of drug-likeness (QED) is 0.291. The van der Waals surface area contributed by atoms with Gasteiger partial charge in [0, 0.05) is 10.6 Å². The van der Waals surface area contributed by atoms with Crippen molar-refractivity contribution in [3.8, 4) is 5.75 Å². The Labute approximate surface area is 232 Å². The predicted molar refractivity (Wildman–Crippen MR) is 149 cm³/mol. The van der Waals surface area contributed by atoms with Crippen LogP contribution in [0.1, 0.15) is 36.1 Å². The van der Waals surface area contributed by atoms with E-state index in [1.165, 1.54) is 30.6 Å². The predicted octanol–water partition coefficient (Wildman–Crippen LogP) is 5.17. The molecule has 0 radical (unpaired) electrons. The molecule has 1 atom stereocenters. The van der Waals surface area contributed by atoms with E-state index in [9.17, 15) is 14.0 Å². The third-order valence-electron chi connectivity index (χ3n) is 6.33. The van der Waals surface area contributed by atoms with Gasteiger partial charge < -0.3 is 9.47 Å². The molecule has 0 saturated carbocycles. The van der Waals surface area contributed by atoms with Crippen LogP contribution in [0.2, 0.25) is 5.02 Å². The number of aromatic nitrogens is 1. The van der Waals surface area contributed by atoms with Gasteiger partial charge in [-0.2, -0.15) is 0 Å². The van der Waals surface area contributed by atoms with Crippen LogP contribution in [-0.4, -0.2) is 17.6 Å². The number of halogens is 2. The zero-order valence-electron chi connectivity index (χ0n) is 21.2. The van der Waals surface area contributed by atoms with Crippen molar-refractivity contribution >= 4 is 35.0 Å². The van der Waals surface area contributed by atoms with Crippen LogP contribution in [0.3, 0.4) is 0 Å². The number of ether oxygens (including phenoxy) is 2. The second kappa shape index (κ2) is 11.4. The second-order valence-corrected chi connectivity index (χ2v) is 10.2. The Bertz CT molecular complexity index is 1740. The van der Waals surface area contributed by atoms with Crippen LogP contribution in [0, 0.1) is 5.82 Å². The average molecular weight is 563 g/mol. The zero-order chi connectivity index (χ0) is 27.5. The summed E-state index contributed by atoms with van der Waals surface area (Å²) >= 11 is 7.52. The molecule has 0 aliphatic carbocycles. The summed E-state index contributed by atoms with van der Waals surface area (Å²) in [5, 5.41) is 0.478. The molecular formula is C30H24ClFN2O4S. The molecule has 198 valence electrons. The molecule has 0 saturated heterocycles. The van der Waals surface area contributed by atoms with Crippen molar-refractivity contribution in [3.05, 3.63) is 131 Å². The number of carbonyl (C=O) groups excluding carboxylic acids is 1. The van der Waals surface area contributed by atoms with Gasteiger partial charge in [-0.25, -0.2) is 14.2 Å². The molecule has 0 amide bonds. The van der Waals surface area contributed by atoms with Crippen molar-refractivity contribution in [2.75, 3.05) is 7.11 Å². The Hall–Kier alpha value is -4.01. The maximum absolute atomic E-state index is 13.9. The molecule has 6 nitrogen and oxygen atoms in total. The highest BCUT2D eigenvalue weighted by Crippen LogP contribution is 2.32. The van der Waals surface area contributed by atoms with Crippen LogP contribution < -0.4 is 19.6 Å². The summed E-state index contributed by atoms with van der Waals surface area (Å²) in [6.07, 6.45) is 2.21. The lowest BCUT2D eigenvalue weighted by molar-refractivity contribution is -0.136. The van der Waals surface area contributed by atoms with Crippen LogP contribution >= 0.6 is 22.9 Å². The maximum atomic E-state index is 13.9. The van der Waals surface area contributed by atoms with Gasteiger partial charge in [0.15, 0.2) is 4.80 Å². The standard InChI is InChI=1S/C30H24ClFN2O4S/c1-3-23-26(29(36)37-2)27(19-7-5-4-6-8-19)34-28(35)25(39-30(34)33-23)16-20-15-21(31)11-14-24(20)38-17-18-9-12-22(32)13-10-18/h4-16,27H,3,17H2,1-2H3/b25-16+/t27-/m0/s1. The Morgan fingerprint density at radius 1 is 1.13 bits per heavy atom. The highest BCUT2D eigenvalue weighted by atomic mass is 35.5. The molecule has 5 rings (SSSR count). The lowest BCUT2D eigenvalue weighted by Crippen LogP contribution is -2.40. The summed E-state index contributed by atoms with van der Waals surface area (Å²) in [6, 6.07) is 19.9. The summed E-state index contributed by atoms with van der Waals surface area (Å²) in [5.41, 5.74) is 2.80. The molecule has 1 aromatic heterocycles. The number of rotatable bonds is 7. The third kappa shape index (κ3) is 5.44. The number of carbonyl (C=O) groups is 1. The lowest BCUT2D eigenvalue weighted by Gasteiger charge is -2.25. The molecule has 9 heteroatoms. The van der Waals surface area contributed by atoms with Crippen LogP contribution in [0.15, 0.2) is 93.9 Å². The first-order valence-electron chi connectivity index (χ1n) is 12.2. The van der Waals surface area contributed by atoms with E-state index in [-0.39, 0.29) is 18.0 Å². The van der Waals surface area contributed by atoms with Gasteiger partial charge >= 0.3 is 5.97 Å². The van der Waals surface area contributed by atoms with Gasteiger partial charge in [-0.05, 0) is 54.0 Å². The Morgan fingerprint density at radius 3 is 2.56 bits per heavy atom. The molecule has 0 bridgehead atoms. The van der Waals surface area contributed by atoms with E-state index in [4.69, 9.17) is 21.1 Å². The first-order valence-corrected chi connectivity index (χ1v) is 13.4. The fourth-order valence-electron chi connectivity index (χ4n) is 4.46. The number of allylic oxidation sites excluding steroid dienone is 1. The molecule has 0 N–H and O–H groups in total. The minimum Gasteiger partial charge on any atom is -0.488 e. The minimum absolute atomic E-state index is 0.209. The molecule has 0 fully saturated rings. The smallest absolute Gasteiger partial charge is 0.338 e. The third-order valence-corrected chi connectivity index (χ3v) is 7.55. The molecule has 39 heavy (non-hydrogen) atoms. The van der Waals surface area contributed by atoms with E-state index in [1.54, 1.807) is 41.0 Å². The molecule has 1 aliphatic heterocycles. The van der Waals surface area contributed by atoms with Gasteiger partial charge in [0.2, 0.25) is 0 Å². The van der Waals surface area contributed by atoms with Crippen molar-refractivity contribution in [3.63, 3.8) is 0 Å². The minimum atomic E-state index is -0.680. The monoisotopic (exact) mass is 562 g/mol. The van der Waals surface area contributed by atoms with Crippen LogP contribution in [0.25, 0.3) is 6.08 Å². The summed E-state index contributed by atoms with van der Waals surface area (Å²) < 4.78 is 26.3. The number of benzene rings is 3. The van der Waals surface area contributed by atoms with Gasteiger partial charge in [0.25, 0.3) is 5.56 Å². The molecule has 0 spiro atoms. The fourth-order valence-corrected chi connectivity index (χ4v) is 5.65. The number of hydrogen-bond acceptors (Lipinski definition) is 6. The van der Waals surface area contributed by atoms with Crippen molar-refractivity contribution in [2.24, 2.45) is 4.99 Å². The molecule has 2 heterocycles. The summed E-state index contributed by atoms with van der Waals surface area (Å²) in [7, 11) is 1.32. The van der Waals surface area contributed by atoms with Gasteiger partial charge in [-0.1, -0.05) is 72.3 Å². The van der Waals surface area contributed by atoms with Crippen molar-refractivity contribution in [2.45, 2.75) is 26.0 Å². The van der Waals surface area contributed by atoms with Crippen LogP contribution in [0.5, 0.6) is 5.75 Å². The molecule has 3 aromatic carbocycles. The van der Waals surface area contributed by atoms with Crippen LogP contribution in [-0.2, 0) is 16.1 Å². The first-order chi connectivity index (χ1) is 18.9. The number of fused-ring (bicyclic) bond motifs is 1. The van der Waals surface area contributed by atoms with E-state index in [0.717, 1.165) is 11.1 Å². The highest BCUT2D eigenvalue weighted by Gasteiger charge is 2.33. The Kier molecular flexibility index (Phi) is 7.77. The second-order valence-electron chi connectivity index (χ2n) is 8.80. The summed E-state index contributed by atoms with van der Waals surface area (Å²) in [4.78, 5) is 32.0. The topological polar surface area (TPSA) is 69.9 Å². The van der Waals surface area contributed by atoms with Crippen molar-refractivity contribution < 1.29 is 18.7 Å². The van der Waals surface area contributed by atoms with Crippen molar-refractivity contribution in [1.29, 1.82) is 0 Å². The van der Waals surface area contributed by atoms with E-state index in [1.807, 2.05) is 37.3 Å². The summed E-state index contributed by atoms with van der Waals surface area (Å²) in [6.45, 7) is 2.12. The zero-order valence-corrected chi connectivity index (χ0v) is 22.8. The van der Waals surface area contributed by atoms with Gasteiger partial charge in [-0.15, -0.1) is 0 Å². The Balaban J connectivity index is 1.63. The largest absolute Gasteiger partial charge is 0.488 e. The van der Waals surface area contributed by atoms with Gasteiger partial charge in [0.05, 0.1) is 29.0 Å². The summed E-state index contributed by atoms with van der Waals surface area (Å²) in [5.74, 6) is -0.333. The lowest BCUT2D eigenvalue weighted by atomic mass is 9.95. The molecule has 1 aliphatic rings. The number of thiazole rings is 1. The highest BCUT2D eigenvalue weighted by molar-refractivity contribution is 7.07. The van der Waals surface area contributed by atoms with Crippen molar-refractivity contribution in [1.82, 2.24) is 4.57 Å². The van der Waals surface area contributed by atoms with Crippen LogP contribution in [0.4, 0.5) is 4.39 Å². The van der Waals surface area contributed by atoms with E-state index in [2.05, 4.69) is 4.99 Å². The number of methoxy groups -OCH3 is 1. The SMILES string of the molecule is CCC1=C(C(=O)OC)[C@H](c2ccccc2)n2c(s/c(=C/c3cc(Cl)ccc3OCc3ccc(F)cc3)c2=O)=N1. The Morgan fingerprint density at radius 2 is 1.87 bits per heavy atom. The average Bonchev–Trinajstić information content (AvgIpc) is 3.26. The maximum Gasteiger partial charge on any atom is 0.338 e. The fraction of sp³-hybridized carbons (Fsp3) is 0.167. The first kappa shape index (κ1) is 26.6. The molecule has 4 aromatic rings. The number of hydrogen-bond donors (Lipinski definition) is 0. The molecular weight excluding hydrogens is 539 g/mol.